The summed E-state index contributed by atoms with van der Waals surface area (Å²) in [6.45, 7) is 11.0. The van der Waals surface area contributed by atoms with Crippen LogP contribution in [0.2, 0.25) is 0 Å². The molecule has 0 bridgehead atoms. The van der Waals surface area contributed by atoms with Crippen molar-refractivity contribution in [1.82, 2.24) is 0 Å². The van der Waals surface area contributed by atoms with Gasteiger partial charge in [-0.2, -0.15) is 0 Å². The van der Waals surface area contributed by atoms with E-state index in [1.54, 1.807) is 0 Å². The fraction of sp³-hybridized carbons (Fsp3) is 0.750. The summed E-state index contributed by atoms with van der Waals surface area (Å²) in [6.07, 6.45) is 11.1. The third-order valence-corrected chi connectivity index (χ3v) is 6.92. The summed E-state index contributed by atoms with van der Waals surface area (Å²) < 4.78 is 5.73. The number of carbonyl (C=O) groups is 1. The van der Waals surface area contributed by atoms with Crippen molar-refractivity contribution < 1.29 is 14.6 Å². The normalized spacial score (nSPS) is 24.2. The van der Waals surface area contributed by atoms with Crippen molar-refractivity contribution in [2.24, 2.45) is 17.3 Å². The number of hydrogen-bond acceptors (Lipinski definition) is 3. The summed E-state index contributed by atoms with van der Waals surface area (Å²) in [4.78, 5) is 12.5. The Kier molecular flexibility index (Phi) is 10.1. The molecule has 0 saturated heterocycles. The molecule has 0 aliphatic heterocycles. The standard InChI is InChI=1S/C28H46O3/c1-6-10-25-21-24(17-16-23-14-12-22(7-2)13-15-23)18-20-28(25,30)31-26(29)11-8-9-19-27(3,4)5/h12-15,24-25,30H,6-11,16-21H2,1-5H3. The van der Waals surface area contributed by atoms with Gasteiger partial charge in [-0.15, -0.1) is 0 Å². The molecule has 0 spiro atoms. The minimum Gasteiger partial charge on any atom is -0.433 e. The molecule has 1 aromatic rings. The first-order valence-corrected chi connectivity index (χ1v) is 12.7. The molecule has 1 aliphatic carbocycles. The first-order valence-electron chi connectivity index (χ1n) is 12.7. The maximum Gasteiger partial charge on any atom is 0.308 e. The van der Waals surface area contributed by atoms with E-state index in [0.29, 0.717) is 24.2 Å². The number of unbranched alkanes of at least 4 members (excludes halogenated alkanes) is 1. The molecule has 3 atom stereocenters. The zero-order valence-electron chi connectivity index (χ0n) is 20.7. The van der Waals surface area contributed by atoms with Crippen LogP contribution in [0.1, 0.15) is 110 Å². The van der Waals surface area contributed by atoms with Crippen LogP contribution in [0.5, 0.6) is 0 Å². The van der Waals surface area contributed by atoms with Gasteiger partial charge in [0.2, 0.25) is 5.79 Å². The summed E-state index contributed by atoms with van der Waals surface area (Å²) in [5, 5.41) is 11.2. The Balaban J connectivity index is 1.83. The minimum absolute atomic E-state index is 0.0530. The van der Waals surface area contributed by atoms with E-state index in [1.165, 1.54) is 11.1 Å². The van der Waals surface area contributed by atoms with Crippen LogP contribution in [0, 0.1) is 17.3 Å². The number of ether oxygens (including phenoxy) is 1. The number of hydrogen-bond donors (Lipinski definition) is 1. The molecule has 3 heteroatoms. The van der Waals surface area contributed by atoms with Crippen LogP contribution in [0.4, 0.5) is 0 Å². The van der Waals surface area contributed by atoms with Crippen LogP contribution < -0.4 is 0 Å². The van der Waals surface area contributed by atoms with Gasteiger partial charge in [0.1, 0.15) is 0 Å². The fourth-order valence-corrected chi connectivity index (χ4v) is 4.89. The van der Waals surface area contributed by atoms with E-state index in [0.717, 1.165) is 64.2 Å². The Bertz CT molecular complexity index is 658. The third kappa shape index (κ3) is 8.96. The van der Waals surface area contributed by atoms with Crippen LogP contribution in [0.25, 0.3) is 0 Å². The lowest BCUT2D eigenvalue weighted by Crippen LogP contribution is -2.46. The second-order valence-electron chi connectivity index (χ2n) is 10.9. The number of esters is 1. The van der Waals surface area contributed by atoms with Crippen LogP contribution in [0.3, 0.4) is 0 Å². The summed E-state index contributed by atoms with van der Waals surface area (Å²) in [7, 11) is 0. The largest absolute Gasteiger partial charge is 0.433 e. The molecule has 1 N–H and O–H groups in total. The average Bonchev–Trinajstić information content (AvgIpc) is 2.72. The van der Waals surface area contributed by atoms with Crippen LogP contribution in [-0.4, -0.2) is 16.9 Å². The van der Waals surface area contributed by atoms with Gasteiger partial charge in [0.05, 0.1) is 0 Å². The molecule has 0 radical (unpaired) electrons. The highest BCUT2D eigenvalue weighted by molar-refractivity contribution is 5.69. The van der Waals surface area contributed by atoms with E-state index in [1.807, 2.05) is 0 Å². The summed E-state index contributed by atoms with van der Waals surface area (Å²) in [5.74, 6) is -0.853. The van der Waals surface area contributed by atoms with E-state index >= 15 is 0 Å². The number of rotatable bonds is 11. The van der Waals surface area contributed by atoms with Crippen LogP contribution >= 0.6 is 0 Å². The first kappa shape index (κ1) is 25.9. The highest BCUT2D eigenvalue weighted by atomic mass is 16.7. The molecule has 1 saturated carbocycles. The van der Waals surface area contributed by atoms with Crippen molar-refractivity contribution in [3.8, 4) is 0 Å². The number of benzene rings is 1. The molecule has 1 aliphatic rings. The Morgan fingerprint density at radius 2 is 1.77 bits per heavy atom. The molecular formula is C28H46O3. The van der Waals surface area contributed by atoms with E-state index < -0.39 is 5.79 Å². The van der Waals surface area contributed by atoms with Crippen molar-refractivity contribution in [1.29, 1.82) is 0 Å². The topological polar surface area (TPSA) is 46.5 Å². The second-order valence-corrected chi connectivity index (χ2v) is 10.9. The Morgan fingerprint density at radius 3 is 2.39 bits per heavy atom. The Hall–Kier alpha value is -1.35. The van der Waals surface area contributed by atoms with Gasteiger partial charge in [0.15, 0.2) is 0 Å². The monoisotopic (exact) mass is 430 g/mol. The maximum atomic E-state index is 12.5. The molecule has 1 aromatic carbocycles. The lowest BCUT2D eigenvalue weighted by atomic mass is 9.73. The SMILES string of the molecule is CCCC1CC(CCc2ccc(CC)cc2)CCC1(O)OC(=O)CCCCC(C)(C)C. The molecule has 3 unspecified atom stereocenters. The van der Waals surface area contributed by atoms with Gasteiger partial charge in [-0.1, -0.05) is 71.7 Å². The molecule has 0 amide bonds. The molecule has 1 fully saturated rings. The van der Waals surface area contributed by atoms with Gasteiger partial charge in [-0.25, -0.2) is 0 Å². The molecule has 31 heavy (non-hydrogen) atoms. The zero-order valence-corrected chi connectivity index (χ0v) is 20.7. The van der Waals surface area contributed by atoms with E-state index in [-0.39, 0.29) is 11.9 Å². The lowest BCUT2D eigenvalue weighted by Gasteiger charge is -2.42. The van der Waals surface area contributed by atoms with Crippen LogP contribution in [-0.2, 0) is 22.4 Å². The number of aryl methyl sites for hydroxylation is 2. The molecule has 2 rings (SSSR count). The summed E-state index contributed by atoms with van der Waals surface area (Å²) in [5.41, 5.74) is 3.08. The van der Waals surface area contributed by atoms with Crippen molar-refractivity contribution in [2.75, 3.05) is 0 Å². The molecule has 176 valence electrons. The summed E-state index contributed by atoms with van der Waals surface area (Å²) in [6, 6.07) is 8.97. The quantitative estimate of drug-likeness (QED) is 0.229. The maximum absolute atomic E-state index is 12.5. The van der Waals surface area contributed by atoms with Gasteiger partial charge in [-0.05, 0) is 73.8 Å². The average molecular weight is 431 g/mol. The predicted molar refractivity (Wildman–Crippen MR) is 129 cm³/mol. The highest BCUT2D eigenvalue weighted by Gasteiger charge is 2.44. The molecular weight excluding hydrogens is 384 g/mol. The minimum atomic E-state index is -1.27. The van der Waals surface area contributed by atoms with Crippen molar-refractivity contribution in [3.05, 3.63) is 35.4 Å². The van der Waals surface area contributed by atoms with Crippen molar-refractivity contribution >= 4 is 5.97 Å². The first-order chi connectivity index (χ1) is 14.6. The Morgan fingerprint density at radius 1 is 1.10 bits per heavy atom. The van der Waals surface area contributed by atoms with E-state index in [4.69, 9.17) is 4.74 Å². The van der Waals surface area contributed by atoms with Gasteiger partial charge in [0, 0.05) is 18.8 Å². The van der Waals surface area contributed by atoms with Crippen molar-refractivity contribution in [3.63, 3.8) is 0 Å². The fourth-order valence-electron chi connectivity index (χ4n) is 4.89. The predicted octanol–water partition coefficient (Wildman–Crippen LogP) is 7.24. The number of carbonyl (C=O) groups excluding carboxylic acids is 1. The zero-order chi connectivity index (χ0) is 22.9. The smallest absolute Gasteiger partial charge is 0.308 e. The Labute approximate surface area is 191 Å². The third-order valence-electron chi connectivity index (χ3n) is 6.92. The van der Waals surface area contributed by atoms with E-state index in [2.05, 4.69) is 58.9 Å². The van der Waals surface area contributed by atoms with Crippen LogP contribution in [0.15, 0.2) is 24.3 Å². The van der Waals surface area contributed by atoms with Gasteiger partial charge in [-0.3, -0.25) is 4.79 Å². The molecule has 0 aromatic heterocycles. The van der Waals surface area contributed by atoms with Gasteiger partial charge in [0.25, 0.3) is 0 Å². The lowest BCUT2D eigenvalue weighted by molar-refractivity contribution is -0.248. The summed E-state index contributed by atoms with van der Waals surface area (Å²) >= 11 is 0. The van der Waals surface area contributed by atoms with Gasteiger partial charge >= 0.3 is 5.97 Å². The highest BCUT2D eigenvalue weighted by Crippen LogP contribution is 2.42. The molecule has 3 nitrogen and oxygen atoms in total. The van der Waals surface area contributed by atoms with Gasteiger partial charge < -0.3 is 9.84 Å². The molecule has 0 heterocycles. The van der Waals surface area contributed by atoms with Crippen molar-refractivity contribution in [2.45, 2.75) is 117 Å². The second kappa shape index (κ2) is 12.0. The van der Waals surface area contributed by atoms with E-state index in [9.17, 15) is 9.90 Å². The number of aliphatic hydroxyl groups is 1.